The monoisotopic (exact) mass is 402 g/mol. The van der Waals surface area contributed by atoms with Gasteiger partial charge in [0.05, 0.1) is 11.1 Å². The van der Waals surface area contributed by atoms with Gasteiger partial charge in [0.25, 0.3) is 0 Å². The molecular formula is C15H20Br2N2O. The van der Waals surface area contributed by atoms with Gasteiger partial charge in [0.2, 0.25) is 5.91 Å². The number of carbonyl (C=O) groups excluding carboxylic acids is 1. The highest BCUT2D eigenvalue weighted by molar-refractivity contribution is 9.11. The number of nitrogens with one attached hydrogen (secondary N) is 1. The third-order valence-electron chi connectivity index (χ3n) is 4.11. The molecule has 3 N–H and O–H groups in total. The molecule has 0 radical (unpaired) electrons. The maximum Gasteiger partial charge on any atom is 0.231 e. The predicted molar refractivity (Wildman–Crippen MR) is 89.7 cm³/mol. The molecule has 0 spiro atoms. The Kier molecular flexibility index (Phi) is 5.64. The van der Waals surface area contributed by atoms with E-state index in [0.29, 0.717) is 6.54 Å². The van der Waals surface area contributed by atoms with E-state index in [-0.39, 0.29) is 5.91 Å². The quantitative estimate of drug-likeness (QED) is 0.732. The van der Waals surface area contributed by atoms with Crippen LogP contribution >= 0.6 is 31.9 Å². The summed E-state index contributed by atoms with van der Waals surface area (Å²) in [5, 5.41) is 3.04. The van der Waals surface area contributed by atoms with Gasteiger partial charge in [-0.15, -0.1) is 0 Å². The van der Waals surface area contributed by atoms with Crippen LogP contribution in [0.4, 0.5) is 5.69 Å². The first-order chi connectivity index (χ1) is 9.57. The number of halogens is 2. The molecule has 1 saturated carbocycles. The van der Waals surface area contributed by atoms with Crippen molar-refractivity contribution in [3.8, 4) is 0 Å². The van der Waals surface area contributed by atoms with Crippen molar-refractivity contribution in [3.63, 3.8) is 0 Å². The third kappa shape index (κ3) is 3.62. The second kappa shape index (κ2) is 7.05. The highest BCUT2D eigenvalue weighted by atomic mass is 79.9. The Balaban J connectivity index is 2.16. The third-order valence-corrected chi connectivity index (χ3v) is 5.26. The molecule has 1 aliphatic rings. The lowest BCUT2D eigenvalue weighted by molar-refractivity contribution is -0.125. The lowest BCUT2D eigenvalue weighted by atomic mass is 9.79. The molecule has 0 heterocycles. The molecule has 2 rings (SSSR count). The van der Waals surface area contributed by atoms with Gasteiger partial charge in [-0.25, -0.2) is 0 Å². The molecule has 1 amide bonds. The minimum Gasteiger partial charge on any atom is -0.329 e. The average molecular weight is 404 g/mol. The lowest BCUT2D eigenvalue weighted by Crippen LogP contribution is -2.42. The van der Waals surface area contributed by atoms with Crippen LogP contribution in [0.15, 0.2) is 27.1 Å². The van der Waals surface area contributed by atoms with Crippen LogP contribution in [-0.4, -0.2) is 12.5 Å². The van der Waals surface area contributed by atoms with Crippen LogP contribution in [0.2, 0.25) is 0 Å². The van der Waals surface area contributed by atoms with E-state index in [2.05, 4.69) is 37.2 Å². The van der Waals surface area contributed by atoms with Crippen LogP contribution in [0, 0.1) is 5.41 Å². The van der Waals surface area contributed by atoms with Crippen molar-refractivity contribution >= 4 is 43.5 Å². The van der Waals surface area contributed by atoms with Crippen molar-refractivity contribution in [1.82, 2.24) is 0 Å². The molecule has 1 aliphatic carbocycles. The predicted octanol–water partition coefficient (Wildman–Crippen LogP) is 4.45. The number of hydrogen-bond acceptors (Lipinski definition) is 2. The maximum atomic E-state index is 12.7. The summed E-state index contributed by atoms with van der Waals surface area (Å²) in [5.74, 6) is 0.0601. The van der Waals surface area contributed by atoms with Crippen molar-refractivity contribution < 1.29 is 4.79 Å². The molecule has 0 aliphatic heterocycles. The van der Waals surface area contributed by atoms with E-state index in [4.69, 9.17) is 5.73 Å². The smallest absolute Gasteiger partial charge is 0.231 e. The summed E-state index contributed by atoms with van der Waals surface area (Å²) in [4.78, 5) is 12.7. The molecule has 1 aromatic rings. The highest BCUT2D eigenvalue weighted by Crippen LogP contribution is 2.36. The molecule has 1 aromatic carbocycles. The number of anilines is 1. The first kappa shape index (κ1) is 16.0. The van der Waals surface area contributed by atoms with Gasteiger partial charge < -0.3 is 11.1 Å². The second-order valence-electron chi connectivity index (χ2n) is 5.48. The molecule has 20 heavy (non-hydrogen) atoms. The normalized spacial score (nSPS) is 18.4. The summed E-state index contributed by atoms with van der Waals surface area (Å²) < 4.78 is 1.85. The maximum absolute atomic E-state index is 12.7. The zero-order valence-electron chi connectivity index (χ0n) is 11.4. The van der Waals surface area contributed by atoms with E-state index in [9.17, 15) is 4.79 Å². The van der Waals surface area contributed by atoms with Gasteiger partial charge in [-0.1, -0.05) is 41.6 Å². The van der Waals surface area contributed by atoms with Crippen LogP contribution in [0.5, 0.6) is 0 Å². The van der Waals surface area contributed by atoms with Gasteiger partial charge in [0, 0.05) is 15.5 Å². The number of nitrogens with two attached hydrogens (primary N) is 1. The average Bonchev–Trinajstić information content (AvgIpc) is 2.68. The molecule has 0 saturated heterocycles. The number of hydrogen-bond donors (Lipinski definition) is 2. The SMILES string of the molecule is NCC1(C(=O)Nc2ccc(Br)cc2Br)CCCCCC1. The fraction of sp³-hybridized carbons (Fsp3) is 0.533. The molecule has 1 fully saturated rings. The van der Waals surface area contributed by atoms with Crippen molar-refractivity contribution in [2.24, 2.45) is 11.1 Å². The Morgan fingerprint density at radius 2 is 1.85 bits per heavy atom. The summed E-state index contributed by atoms with van der Waals surface area (Å²) in [5.41, 5.74) is 6.35. The molecule has 5 heteroatoms. The number of carbonyl (C=O) groups is 1. The Bertz CT molecular complexity index is 483. The first-order valence-electron chi connectivity index (χ1n) is 7.04. The summed E-state index contributed by atoms with van der Waals surface area (Å²) in [6, 6.07) is 5.74. The van der Waals surface area contributed by atoms with E-state index in [1.807, 2.05) is 18.2 Å². The highest BCUT2D eigenvalue weighted by Gasteiger charge is 2.37. The van der Waals surface area contributed by atoms with Crippen LogP contribution in [-0.2, 0) is 4.79 Å². The molecule has 110 valence electrons. The Hall–Kier alpha value is -0.390. The minimum absolute atomic E-state index is 0.0601. The van der Waals surface area contributed by atoms with Crippen LogP contribution in [0.1, 0.15) is 38.5 Å². The number of benzene rings is 1. The molecule has 3 nitrogen and oxygen atoms in total. The zero-order chi connectivity index (χ0) is 14.6. The summed E-state index contributed by atoms with van der Waals surface area (Å²) >= 11 is 6.89. The van der Waals surface area contributed by atoms with Gasteiger partial charge in [0.1, 0.15) is 0 Å². The zero-order valence-corrected chi connectivity index (χ0v) is 14.6. The molecular weight excluding hydrogens is 384 g/mol. The lowest BCUT2D eigenvalue weighted by Gasteiger charge is -2.30. The molecule has 0 unspecified atom stereocenters. The van der Waals surface area contributed by atoms with Crippen molar-refractivity contribution in [2.75, 3.05) is 11.9 Å². The van der Waals surface area contributed by atoms with E-state index < -0.39 is 5.41 Å². The van der Waals surface area contributed by atoms with Crippen molar-refractivity contribution in [3.05, 3.63) is 27.1 Å². The Morgan fingerprint density at radius 3 is 2.40 bits per heavy atom. The first-order valence-corrected chi connectivity index (χ1v) is 8.63. The van der Waals surface area contributed by atoms with Gasteiger partial charge in [-0.2, -0.15) is 0 Å². The number of amides is 1. The molecule has 0 atom stereocenters. The molecule has 0 aromatic heterocycles. The van der Waals surface area contributed by atoms with Gasteiger partial charge in [0.15, 0.2) is 0 Å². The van der Waals surface area contributed by atoms with Crippen LogP contribution in [0.3, 0.4) is 0 Å². The van der Waals surface area contributed by atoms with Crippen molar-refractivity contribution in [1.29, 1.82) is 0 Å². The van der Waals surface area contributed by atoms with Crippen LogP contribution in [0.25, 0.3) is 0 Å². The fourth-order valence-corrected chi connectivity index (χ4v) is 3.92. The summed E-state index contributed by atoms with van der Waals surface area (Å²) in [6.45, 7) is 0.424. The van der Waals surface area contributed by atoms with E-state index in [0.717, 1.165) is 40.3 Å². The summed E-state index contributed by atoms with van der Waals surface area (Å²) in [7, 11) is 0. The fourth-order valence-electron chi connectivity index (χ4n) is 2.77. The van der Waals surface area contributed by atoms with Gasteiger partial charge in [-0.05, 0) is 47.0 Å². The topological polar surface area (TPSA) is 55.1 Å². The van der Waals surface area contributed by atoms with Gasteiger partial charge in [-0.3, -0.25) is 4.79 Å². The van der Waals surface area contributed by atoms with Crippen molar-refractivity contribution in [2.45, 2.75) is 38.5 Å². The number of rotatable bonds is 3. The second-order valence-corrected chi connectivity index (χ2v) is 7.25. The molecule has 0 bridgehead atoms. The van der Waals surface area contributed by atoms with Crippen LogP contribution < -0.4 is 11.1 Å². The van der Waals surface area contributed by atoms with E-state index in [1.54, 1.807) is 0 Å². The summed E-state index contributed by atoms with van der Waals surface area (Å²) in [6.07, 6.45) is 6.37. The minimum atomic E-state index is -0.400. The largest absolute Gasteiger partial charge is 0.329 e. The van der Waals surface area contributed by atoms with E-state index in [1.165, 1.54) is 12.8 Å². The van der Waals surface area contributed by atoms with E-state index >= 15 is 0 Å². The Labute approximate surface area is 136 Å². The standard InChI is InChI=1S/C15H20Br2N2O/c16-11-5-6-13(12(17)9-11)19-14(20)15(10-18)7-3-1-2-4-8-15/h5-6,9H,1-4,7-8,10,18H2,(H,19,20). The van der Waals surface area contributed by atoms with Gasteiger partial charge >= 0.3 is 0 Å². The Morgan fingerprint density at radius 1 is 1.20 bits per heavy atom.